The van der Waals surface area contributed by atoms with Gasteiger partial charge in [-0.3, -0.25) is 0 Å². The Kier molecular flexibility index (Phi) is 3.49. The number of ether oxygens (including phenoxy) is 1. The summed E-state index contributed by atoms with van der Waals surface area (Å²) < 4.78 is 5.43. The molecule has 5 atom stereocenters. The van der Waals surface area contributed by atoms with Gasteiger partial charge >= 0.3 is 0 Å². The lowest BCUT2D eigenvalue weighted by molar-refractivity contribution is -0.255. The molecule has 0 aromatic heterocycles. The average molecular weight is 348 g/mol. The number of fused-ring (bicyclic) bond motifs is 7. The van der Waals surface area contributed by atoms with Crippen LogP contribution in [0.3, 0.4) is 0 Å². The quantitative estimate of drug-likeness (QED) is 0.924. The normalized spacial score (nSPS) is 31.0. The zero-order valence-electron chi connectivity index (χ0n) is 14.8. The molecule has 4 nitrogen and oxygen atoms in total. The first-order valence-corrected chi connectivity index (χ1v) is 9.41. The van der Waals surface area contributed by atoms with Gasteiger partial charge in [0.15, 0.2) is 0 Å². The van der Waals surface area contributed by atoms with Gasteiger partial charge in [0.25, 0.3) is 0 Å². The fraction of sp³-hybridized carbons (Fsp3) is 0.409. The van der Waals surface area contributed by atoms with Crippen LogP contribution < -0.4 is 15.2 Å². The first kappa shape index (κ1) is 15.7. The molecule has 134 valence electrons. The van der Waals surface area contributed by atoms with Crippen LogP contribution >= 0.6 is 0 Å². The molecular formula is C22H22NO3-. The molecule has 1 heterocycles. The summed E-state index contributed by atoms with van der Waals surface area (Å²) in [5, 5.41) is 15.1. The maximum Gasteiger partial charge on any atom is 0.119 e. The van der Waals surface area contributed by atoms with Crippen molar-refractivity contribution in [2.24, 2.45) is 17.8 Å². The minimum Gasteiger partial charge on any atom is -0.545 e. The second-order valence-corrected chi connectivity index (χ2v) is 7.92. The Balaban J connectivity index is 1.62. The van der Waals surface area contributed by atoms with Gasteiger partial charge in [-0.15, -0.1) is 0 Å². The Morgan fingerprint density at radius 2 is 2.00 bits per heavy atom. The van der Waals surface area contributed by atoms with Gasteiger partial charge in [0, 0.05) is 5.69 Å². The summed E-state index contributed by atoms with van der Waals surface area (Å²) in [5.74, 6) is 2.08. The lowest BCUT2D eigenvalue weighted by Crippen LogP contribution is -2.36. The number of rotatable bonds is 3. The van der Waals surface area contributed by atoms with Gasteiger partial charge in [-0.2, -0.15) is 0 Å². The van der Waals surface area contributed by atoms with Gasteiger partial charge in [0.1, 0.15) is 5.75 Å². The number of carboxylic acids is 1. The molecule has 0 saturated heterocycles. The molecule has 2 aliphatic carbocycles. The molecule has 0 amide bonds. The first-order valence-electron chi connectivity index (χ1n) is 9.41. The minimum absolute atomic E-state index is 0.242. The van der Waals surface area contributed by atoms with Crippen LogP contribution in [0.1, 0.15) is 52.7 Å². The average Bonchev–Trinajstić information content (AvgIpc) is 3.29. The molecule has 3 aliphatic rings. The van der Waals surface area contributed by atoms with Crippen LogP contribution in [0, 0.1) is 17.8 Å². The number of carbonyl (C=O) groups excluding carboxylic acids is 1. The molecule has 2 saturated carbocycles. The van der Waals surface area contributed by atoms with Gasteiger partial charge in [-0.05, 0) is 83.9 Å². The molecular weight excluding hydrogens is 326 g/mol. The smallest absolute Gasteiger partial charge is 0.119 e. The number of carbonyl (C=O) groups is 1. The minimum atomic E-state index is -1.09. The van der Waals surface area contributed by atoms with Crippen LogP contribution in [-0.4, -0.2) is 13.1 Å². The van der Waals surface area contributed by atoms with E-state index >= 15 is 0 Å². The van der Waals surface area contributed by atoms with Crippen molar-refractivity contribution < 1.29 is 14.6 Å². The van der Waals surface area contributed by atoms with Gasteiger partial charge < -0.3 is 20.0 Å². The highest BCUT2D eigenvalue weighted by Gasteiger charge is 2.53. The maximum atomic E-state index is 11.3. The van der Waals surface area contributed by atoms with E-state index in [2.05, 4.69) is 17.4 Å². The lowest BCUT2D eigenvalue weighted by atomic mass is 9.68. The second kappa shape index (κ2) is 5.76. The van der Waals surface area contributed by atoms with E-state index in [0.29, 0.717) is 23.7 Å². The van der Waals surface area contributed by atoms with E-state index in [4.69, 9.17) is 4.74 Å². The van der Waals surface area contributed by atoms with E-state index in [1.54, 1.807) is 13.2 Å². The third kappa shape index (κ3) is 2.24. The Bertz CT molecular complexity index is 877. The van der Waals surface area contributed by atoms with E-state index in [1.165, 1.54) is 30.4 Å². The van der Waals surface area contributed by atoms with E-state index < -0.39 is 5.97 Å². The van der Waals surface area contributed by atoms with Crippen molar-refractivity contribution in [3.8, 4) is 5.75 Å². The van der Waals surface area contributed by atoms with Crippen molar-refractivity contribution in [3.63, 3.8) is 0 Å². The van der Waals surface area contributed by atoms with Crippen molar-refractivity contribution >= 4 is 11.7 Å². The van der Waals surface area contributed by atoms with Gasteiger partial charge in [-0.1, -0.05) is 18.2 Å². The van der Waals surface area contributed by atoms with Crippen molar-refractivity contribution in [3.05, 3.63) is 59.2 Å². The van der Waals surface area contributed by atoms with Crippen LogP contribution in [0.4, 0.5) is 5.69 Å². The summed E-state index contributed by atoms with van der Waals surface area (Å²) in [7, 11) is 1.70. The highest BCUT2D eigenvalue weighted by Crippen LogP contribution is 2.63. The molecule has 1 N–H and O–H groups in total. The van der Waals surface area contributed by atoms with Crippen LogP contribution in [0.25, 0.3) is 0 Å². The van der Waals surface area contributed by atoms with E-state index in [1.807, 2.05) is 24.3 Å². The Morgan fingerprint density at radius 3 is 2.81 bits per heavy atom. The van der Waals surface area contributed by atoms with Crippen molar-refractivity contribution in [1.29, 1.82) is 0 Å². The van der Waals surface area contributed by atoms with E-state index in [-0.39, 0.29) is 11.6 Å². The summed E-state index contributed by atoms with van der Waals surface area (Å²) in [6, 6.07) is 14.0. The molecule has 2 aromatic rings. The molecule has 2 aromatic carbocycles. The molecule has 1 aliphatic heterocycles. The number of anilines is 1. The fourth-order valence-corrected chi connectivity index (χ4v) is 5.78. The molecule has 5 rings (SSSR count). The van der Waals surface area contributed by atoms with Crippen LogP contribution in [0.15, 0.2) is 42.5 Å². The Hall–Kier alpha value is -2.49. The number of hydrogen-bond donors (Lipinski definition) is 1. The first-order chi connectivity index (χ1) is 12.7. The number of benzene rings is 2. The number of methoxy groups -OCH3 is 1. The predicted molar refractivity (Wildman–Crippen MR) is 97.2 cm³/mol. The molecule has 4 heteroatoms. The predicted octanol–water partition coefficient (Wildman–Crippen LogP) is 3.36. The zero-order valence-corrected chi connectivity index (χ0v) is 14.8. The maximum absolute atomic E-state index is 11.3. The topological polar surface area (TPSA) is 61.4 Å². The number of nitrogens with one attached hydrogen (secondary N) is 1. The van der Waals surface area contributed by atoms with Gasteiger partial charge in [0.05, 0.1) is 19.1 Å². The summed E-state index contributed by atoms with van der Waals surface area (Å²) in [5.41, 5.74) is 3.77. The summed E-state index contributed by atoms with van der Waals surface area (Å²) in [6.45, 7) is 0. The third-order valence-corrected chi connectivity index (χ3v) is 6.78. The molecule has 0 radical (unpaired) electrons. The lowest BCUT2D eigenvalue weighted by Gasteiger charge is -2.43. The molecule has 2 fully saturated rings. The largest absolute Gasteiger partial charge is 0.545 e. The van der Waals surface area contributed by atoms with E-state index in [0.717, 1.165) is 11.4 Å². The Labute approximate surface area is 153 Å². The SMILES string of the molecule is COc1cccc([C@H]2Nc3ccc(C(=O)[O-])cc3[C@H]3[C@H]4CC[C@@H](C4)[C@H]32)c1. The van der Waals surface area contributed by atoms with E-state index in [9.17, 15) is 9.90 Å². The van der Waals surface area contributed by atoms with Gasteiger partial charge in [0.2, 0.25) is 0 Å². The summed E-state index contributed by atoms with van der Waals surface area (Å²) >= 11 is 0. The third-order valence-electron chi connectivity index (χ3n) is 6.78. The number of carboxylic acid groups (broad SMARTS) is 1. The Morgan fingerprint density at radius 1 is 1.15 bits per heavy atom. The van der Waals surface area contributed by atoms with Crippen molar-refractivity contribution in [2.45, 2.75) is 31.2 Å². The number of aromatic carboxylic acids is 1. The van der Waals surface area contributed by atoms with Crippen molar-refractivity contribution in [1.82, 2.24) is 0 Å². The van der Waals surface area contributed by atoms with Gasteiger partial charge in [-0.25, -0.2) is 0 Å². The monoisotopic (exact) mass is 348 g/mol. The highest BCUT2D eigenvalue weighted by atomic mass is 16.5. The summed E-state index contributed by atoms with van der Waals surface area (Å²) in [4.78, 5) is 11.3. The highest BCUT2D eigenvalue weighted by molar-refractivity contribution is 5.87. The molecule has 0 spiro atoms. The van der Waals surface area contributed by atoms with Crippen LogP contribution in [0.2, 0.25) is 0 Å². The molecule has 26 heavy (non-hydrogen) atoms. The number of hydrogen-bond acceptors (Lipinski definition) is 4. The molecule has 2 bridgehead atoms. The van der Waals surface area contributed by atoms with Crippen LogP contribution in [-0.2, 0) is 0 Å². The summed E-state index contributed by atoms with van der Waals surface area (Å²) in [6.07, 6.45) is 3.79. The standard InChI is InChI=1S/C22H23NO3/c1-26-16-4-2-3-14(10-16)21-20-13-6-5-12(9-13)19(20)17-11-15(22(24)25)7-8-18(17)23-21/h2-4,7-8,10-13,19-21,23H,5-6,9H2,1H3,(H,24,25)/p-1/t12-,13-,19+,20+,21+/m0/s1. The van der Waals surface area contributed by atoms with Crippen LogP contribution in [0.5, 0.6) is 5.75 Å². The molecule has 0 unspecified atom stereocenters. The fourth-order valence-electron chi connectivity index (χ4n) is 5.78. The zero-order chi connectivity index (χ0) is 17.8. The van der Waals surface area contributed by atoms with Crippen molar-refractivity contribution in [2.75, 3.05) is 12.4 Å². The second-order valence-electron chi connectivity index (χ2n) is 7.92.